The summed E-state index contributed by atoms with van der Waals surface area (Å²) in [5.74, 6) is 0.751. The van der Waals surface area contributed by atoms with Crippen molar-refractivity contribution < 1.29 is 19.1 Å². The molecule has 7 heteroatoms. The molecule has 26 heavy (non-hydrogen) atoms. The van der Waals surface area contributed by atoms with Gasteiger partial charge in [0.2, 0.25) is 11.8 Å². The topological polar surface area (TPSA) is 80.8 Å². The predicted molar refractivity (Wildman–Crippen MR) is 94.0 cm³/mol. The highest BCUT2D eigenvalue weighted by atomic mass is 16.6. The average Bonchev–Trinajstić information content (AvgIpc) is 3.08. The Morgan fingerprint density at radius 3 is 2.88 bits per heavy atom. The number of nitrogens with zero attached hydrogens (tertiary/aromatic N) is 2. The van der Waals surface area contributed by atoms with Crippen molar-refractivity contribution in [3.05, 3.63) is 48.3 Å². The Bertz CT molecular complexity index is 825. The van der Waals surface area contributed by atoms with E-state index in [2.05, 4.69) is 10.3 Å². The van der Waals surface area contributed by atoms with Crippen LogP contribution in [-0.4, -0.2) is 36.6 Å². The number of pyridine rings is 1. The van der Waals surface area contributed by atoms with Crippen LogP contribution in [0.1, 0.15) is 12.0 Å². The minimum Gasteiger partial charge on any atom is -0.486 e. The van der Waals surface area contributed by atoms with E-state index >= 15 is 0 Å². The number of carbonyl (C=O) groups excluding carboxylic acids is 2. The highest BCUT2D eigenvalue weighted by Gasteiger charge is 2.35. The van der Waals surface area contributed by atoms with E-state index < -0.39 is 0 Å². The highest BCUT2D eigenvalue weighted by Crippen LogP contribution is 2.35. The van der Waals surface area contributed by atoms with E-state index in [4.69, 9.17) is 9.47 Å². The number of hydrogen-bond acceptors (Lipinski definition) is 5. The maximum atomic E-state index is 12.4. The van der Waals surface area contributed by atoms with E-state index in [0.717, 1.165) is 11.3 Å². The molecular formula is C19H19N3O4. The van der Waals surface area contributed by atoms with Crippen LogP contribution in [0.5, 0.6) is 11.5 Å². The van der Waals surface area contributed by atoms with Crippen molar-refractivity contribution in [3.63, 3.8) is 0 Å². The summed E-state index contributed by atoms with van der Waals surface area (Å²) >= 11 is 0. The van der Waals surface area contributed by atoms with Crippen molar-refractivity contribution >= 4 is 17.5 Å². The van der Waals surface area contributed by atoms with Crippen molar-refractivity contribution in [3.8, 4) is 11.5 Å². The Kier molecular flexibility index (Phi) is 4.43. The van der Waals surface area contributed by atoms with Gasteiger partial charge in [0.15, 0.2) is 11.5 Å². The first kappa shape index (κ1) is 16.4. The second-order valence-electron chi connectivity index (χ2n) is 6.31. The smallest absolute Gasteiger partial charge is 0.227 e. The third kappa shape index (κ3) is 3.33. The van der Waals surface area contributed by atoms with Gasteiger partial charge in [-0.05, 0) is 23.8 Å². The quantitative estimate of drug-likeness (QED) is 0.901. The normalized spacial score (nSPS) is 18.7. The van der Waals surface area contributed by atoms with Crippen molar-refractivity contribution in [2.75, 3.05) is 24.7 Å². The van der Waals surface area contributed by atoms with Crippen LogP contribution < -0.4 is 19.7 Å². The van der Waals surface area contributed by atoms with Crippen molar-refractivity contribution in [1.29, 1.82) is 0 Å². The number of amides is 2. The number of aromatic nitrogens is 1. The maximum Gasteiger partial charge on any atom is 0.227 e. The van der Waals surface area contributed by atoms with Gasteiger partial charge in [0.25, 0.3) is 0 Å². The molecule has 2 aliphatic heterocycles. The molecule has 0 spiro atoms. The lowest BCUT2D eigenvalue weighted by atomic mass is 10.1. The molecule has 0 bridgehead atoms. The fourth-order valence-corrected chi connectivity index (χ4v) is 3.17. The van der Waals surface area contributed by atoms with Gasteiger partial charge in [-0.15, -0.1) is 0 Å². The van der Waals surface area contributed by atoms with E-state index in [1.54, 1.807) is 29.4 Å². The van der Waals surface area contributed by atoms with Crippen LogP contribution in [0.25, 0.3) is 0 Å². The monoisotopic (exact) mass is 353 g/mol. The molecule has 1 saturated heterocycles. The Balaban J connectivity index is 1.41. The number of carbonyl (C=O) groups is 2. The molecule has 0 radical (unpaired) electrons. The van der Waals surface area contributed by atoms with Crippen LogP contribution in [0, 0.1) is 5.92 Å². The number of fused-ring (bicyclic) bond motifs is 1. The van der Waals surface area contributed by atoms with Gasteiger partial charge in [-0.1, -0.05) is 6.07 Å². The summed E-state index contributed by atoms with van der Waals surface area (Å²) in [6.45, 7) is 1.77. The Hall–Kier alpha value is -3.09. The number of anilines is 1. The van der Waals surface area contributed by atoms with Gasteiger partial charge in [0, 0.05) is 43.7 Å². The summed E-state index contributed by atoms with van der Waals surface area (Å²) in [4.78, 5) is 30.5. The SMILES string of the molecule is O=C(NCc1cccnc1)C1CC(=O)N(c2ccc3c(c2)OCCO3)C1. The largest absolute Gasteiger partial charge is 0.486 e. The number of hydrogen-bond donors (Lipinski definition) is 1. The lowest BCUT2D eigenvalue weighted by Gasteiger charge is -2.22. The number of nitrogens with one attached hydrogen (secondary N) is 1. The summed E-state index contributed by atoms with van der Waals surface area (Å²) in [6, 6.07) is 9.13. The molecule has 1 unspecified atom stereocenters. The van der Waals surface area contributed by atoms with Gasteiger partial charge in [0.05, 0.1) is 5.92 Å². The summed E-state index contributed by atoms with van der Waals surface area (Å²) in [5.41, 5.74) is 1.65. The first-order valence-corrected chi connectivity index (χ1v) is 8.57. The second-order valence-corrected chi connectivity index (χ2v) is 6.31. The van der Waals surface area contributed by atoms with Gasteiger partial charge in [-0.2, -0.15) is 0 Å². The summed E-state index contributed by atoms with van der Waals surface area (Å²) in [5, 5.41) is 2.88. The van der Waals surface area contributed by atoms with Gasteiger partial charge in [0.1, 0.15) is 13.2 Å². The molecule has 134 valence electrons. The zero-order valence-electron chi connectivity index (χ0n) is 14.2. The minimum atomic E-state index is -0.368. The summed E-state index contributed by atoms with van der Waals surface area (Å²) < 4.78 is 11.1. The molecule has 7 nitrogen and oxygen atoms in total. The van der Waals surface area contributed by atoms with Crippen LogP contribution in [0.15, 0.2) is 42.7 Å². The molecule has 1 atom stereocenters. The minimum absolute atomic E-state index is 0.0665. The Morgan fingerprint density at radius 2 is 2.08 bits per heavy atom. The molecule has 1 aromatic carbocycles. The van der Waals surface area contributed by atoms with Gasteiger partial charge in [-0.3, -0.25) is 14.6 Å². The molecular weight excluding hydrogens is 334 g/mol. The van der Waals surface area contributed by atoms with E-state index in [9.17, 15) is 9.59 Å². The lowest BCUT2D eigenvalue weighted by molar-refractivity contribution is -0.126. The van der Waals surface area contributed by atoms with Crippen LogP contribution in [0.4, 0.5) is 5.69 Å². The third-order valence-corrected chi connectivity index (χ3v) is 4.52. The van der Waals surface area contributed by atoms with E-state index in [1.807, 2.05) is 18.2 Å². The Labute approximate surface area is 150 Å². The predicted octanol–water partition coefficient (Wildman–Crippen LogP) is 1.52. The summed E-state index contributed by atoms with van der Waals surface area (Å²) in [7, 11) is 0. The first-order chi connectivity index (χ1) is 12.7. The van der Waals surface area contributed by atoms with Gasteiger partial charge in [-0.25, -0.2) is 0 Å². The fraction of sp³-hybridized carbons (Fsp3) is 0.316. The standard InChI is InChI=1S/C19H19N3O4/c23-18-8-14(19(24)21-11-13-2-1-5-20-10-13)12-22(18)15-3-4-16-17(9-15)26-7-6-25-16/h1-5,9-10,14H,6-8,11-12H2,(H,21,24). The zero-order chi connectivity index (χ0) is 17.9. The van der Waals surface area contributed by atoms with E-state index in [0.29, 0.717) is 37.8 Å². The van der Waals surface area contributed by atoms with Crippen LogP contribution in [-0.2, 0) is 16.1 Å². The molecule has 0 saturated carbocycles. The summed E-state index contributed by atoms with van der Waals surface area (Å²) in [6.07, 6.45) is 3.60. The molecule has 1 aromatic heterocycles. The van der Waals surface area contributed by atoms with E-state index in [-0.39, 0.29) is 24.2 Å². The molecule has 2 aromatic rings. The lowest BCUT2D eigenvalue weighted by Crippen LogP contribution is -2.32. The maximum absolute atomic E-state index is 12.4. The van der Waals surface area contributed by atoms with E-state index in [1.165, 1.54) is 0 Å². The molecule has 2 amide bonds. The molecule has 0 aliphatic carbocycles. The van der Waals surface area contributed by atoms with Crippen molar-refractivity contribution in [2.45, 2.75) is 13.0 Å². The van der Waals surface area contributed by atoms with Crippen molar-refractivity contribution in [1.82, 2.24) is 10.3 Å². The van der Waals surface area contributed by atoms with Crippen molar-refractivity contribution in [2.24, 2.45) is 5.92 Å². The van der Waals surface area contributed by atoms with Gasteiger partial charge >= 0.3 is 0 Å². The molecule has 2 aliphatic rings. The zero-order valence-corrected chi connectivity index (χ0v) is 14.2. The first-order valence-electron chi connectivity index (χ1n) is 8.57. The fourth-order valence-electron chi connectivity index (χ4n) is 3.17. The van der Waals surface area contributed by atoms with Gasteiger partial charge < -0.3 is 19.7 Å². The number of benzene rings is 1. The van der Waals surface area contributed by atoms with Crippen LogP contribution >= 0.6 is 0 Å². The molecule has 4 rings (SSSR count). The molecule has 3 heterocycles. The average molecular weight is 353 g/mol. The second kappa shape index (κ2) is 7.03. The molecule has 1 N–H and O–H groups in total. The third-order valence-electron chi connectivity index (χ3n) is 4.52. The Morgan fingerprint density at radius 1 is 1.23 bits per heavy atom. The van der Waals surface area contributed by atoms with Crippen LogP contribution in [0.2, 0.25) is 0 Å². The highest BCUT2D eigenvalue weighted by molar-refractivity contribution is 6.00. The number of ether oxygens (including phenoxy) is 2. The van der Waals surface area contributed by atoms with Crippen LogP contribution in [0.3, 0.4) is 0 Å². The molecule has 1 fully saturated rings. The number of rotatable bonds is 4.